The van der Waals surface area contributed by atoms with Crippen molar-refractivity contribution in [2.75, 3.05) is 7.11 Å². The van der Waals surface area contributed by atoms with Crippen molar-refractivity contribution >= 4 is 17.6 Å². The van der Waals surface area contributed by atoms with Crippen LogP contribution >= 0.6 is 11.6 Å². The summed E-state index contributed by atoms with van der Waals surface area (Å²) in [5, 5.41) is 8.74. The van der Waals surface area contributed by atoms with Gasteiger partial charge in [-0.2, -0.15) is 0 Å². The molecule has 0 aliphatic carbocycles. The first kappa shape index (κ1) is 15.4. The largest absolute Gasteiger partial charge is 0.573 e. The van der Waals surface area contributed by atoms with Gasteiger partial charge in [0.25, 0.3) is 0 Å². The molecule has 0 aromatic carbocycles. The number of pyridine rings is 1. The van der Waals surface area contributed by atoms with Crippen molar-refractivity contribution in [1.29, 1.82) is 0 Å². The van der Waals surface area contributed by atoms with Crippen molar-refractivity contribution in [3.05, 3.63) is 17.5 Å². The van der Waals surface area contributed by atoms with Crippen LogP contribution < -0.4 is 9.47 Å². The lowest BCUT2D eigenvalue weighted by atomic mass is 10.1. The first-order valence-corrected chi connectivity index (χ1v) is 5.40. The average Bonchev–Trinajstić information content (AvgIpc) is 2.27. The zero-order chi connectivity index (χ0) is 14.6. The van der Waals surface area contributed by atoms with Crippen LogP contribution in [0.1, 0.15) is 11.3 Å². The van der Waals surface area contributed by atoms with Crippen LogP contribution in [-0.4, -0.2) is 29.5 Å². The zero-order valence-electron chi connectivity index (χ0n) is 9.62. The number of carbonyl (C=O) groups is 1. The highest BCUT2D eigenvalue weighted by atomic mass is 35.5. The summed E-state index contributed by atoms with van der Waals surface area (Å²) < 4.78 is 45.1. The lowest BCUT2D eigenvalue weighted by Crippen LogP contribution is -2.19. The van der Waals surface area contributed by atoms with E-state index in [9.17, 15) is 18.0 Å². The van der Waals surface area contributed by atoms with Gasteiger partial charge < -0.3 is 14.6 Å². The van der Waals surface area contributed by atoms with Crippen molar-refractivity contribution in [1.82, 2.24) is 4.98 Å². The van der Waals surface area contributed by atoms with E-state index in [1.165, 1.54) is 0 Å². The number of nitrogens with zero attached hydrogens (tertiary/aromatic N) is 1. The molecule has 5 nitrogen and oxygen atoms in total. The van der Waals surface area contributed by atoms with Gasteiger partial charge in [0.2, 0.25) is 0 Å². The van der Waals surface area contributed by atoms with Gasteiger partial charge in [0.1, 0.15) is 0 Å². The van der Waals surface area contributed by atoms with Crippen LogP contribution in [0.5, 0.6) is 11.5 Å². The molecule has 0 atom stereocenters. The third-order valence-electron chi connectivity index (χ3n) is 2.07. The summed E-state index contributed by atoms with van der Waals surface area (Å²) in [6, 6.07) is 0. The Morgan fingerprint density at radius 1 is 1.53 bits per heavy atom. The van der Waals surface area contributed by atoms with Gasteiger partial charge >= 0.3 is 12.3 Å². The summed E-state index contributed by atoms with van der Waals surface area (Å²) in [7, 11) is 1.10. The lowest BCUT2D eigenvalue weighted by Gasteiger charge is -2.16. The summed E-state index contributed by atoms with van der Waals surface area (Å²) >= 11 is 5.56. The number of hydrogen-bond donors (Lipinski definition) is 1. The van der Waals surface area contributed by atoms with Crippen molar-refractivity contribution < 1.29 is 32.5 Å². The van der Waals surface area contributed by atoms with Gasteiger partial charge in [0.15, 0.2) is 11.5 Å². The quantitative estimate of drug-likeness (QED) is 0.845. The summed E-state index contributed by atoms with van der Waals surface area (Å²) in [6.45, 7) is 0. The van der Waals surface area contributed by atoms with Gasteiger partial charge in [-0.05, 0) is 0 Å². The van der Waals surface area contributed by atoms with E-state index >= 15 is 0 Å². The van der Waals surface area contributed by atoms with Crippen molar-refractivity contribution in [3.63, 3.8) is 0 Å². The normalized spacial score (nSPS) is 11.2. The number of rotatable bonds is 5. The number of ether oxygens (including phenoxy) is 2. The molecule has 1 heterocycles. The van der Waals surface area contributed by atoms with Crippen molar-refractivity contribution in [3.8, 4) is 11.5 Å². The van der Waals surface area contributed by atoms with E-state index in [0.717, 1.165) is 13.3 Å². The third kappa shape index (κ3) is 4.16. The van der Waals surface area contributed by atoms with E-state index in [1.807, 2.05) is 0 Å². The number of carboxylic acids is 1. The molecular weight excluding hydrogens is 291 g/mol. The Labute approximate surface area is 110 Å². The Balaban J connectivity index is 3.31. The topological polar surface area (TPSA) is 68.7 Å². The molecule has 0 bridgehead atoms. The summed E-state index contributed by atoms with van der Waals surface area (Å²) in [6.07, 6.45) is -4.72. The van der Waals surface area contributed by atoms with E-state index in [4.69, 9.17) is 21.4 Å². The highest BCUT2D eigenvalue weighted by Gasteiger charge is 2.33. The number of aliphatic carboxylic acids is 1. The molecule has 1 aromatic heterocycles. The summed E-state index contributed by atoms with van der Waals surface area (Å²) in [4.78, 5) is 14.4. The fourth-order valence-corrected chi connectivity index (χ4v) is 1.65. The van der Waals surface area contributed by atoms with Gasteiger partial charge in [-0.3, -0.25) is 9.78 Å². The second-order valence-electron chi connectivity index (χ2n) is 3.33. The molecule has 0 fully saturated rings. The number of aromatic nitrogens is 1. The van der Waals surface area contributed by atoms with Crippen LogP contribution in [0.15, 0.2) is 6.20 Å². The summed E-state index contributed by atoms with van der Waals surface area (Å²) in [5.74, 6) is -2.47. The second kappa shape index (κ2) is 5.96. The minimum absolute atomic E-state index is 0.0493. The predicted octanol–water partition coefficient (Wildman–Crippen LogP) is 2.35. The Hall–Kier alpha value is -1.70. The van der Waals surface area contributed by atoms with E-state index in [-0.39, 0.29) is 22.9 Å². The van der Waals surface area contributed by atoms with Gasteiger partial charge in [-0.25, -0.2) is 0 Å². The predicted molar refractivity (Wildman–Crippen MR) is 58.4 cm³/mol. The SMILES string of the molecule is COc1c(OC(F)(F)F)cnc(CCl)c1CC(=O)O. The molecule has 1 N–H and O–H groups in total. The van der Waals surface area contributed by atoms with Crippen LogP contribution in [0.25, 0.3) is 0 Å². The number of halogens is 4. The number of alkyl halides is 4. The molecule has 0 spiro atoms. The van der Waals surface area contributed by atoms with E-state index in [1.54, 1.807) is 0 Å². The first-order chi connectivity index (χ1) is 8.78. The monoisotopic (exact) mass is 299 g/mol. The van der Waals surface area contributed by atoms with Crippen LogP contribution in [0, 0.1) is 0 Å². The second-order valence-corrected chi connectivity index (χ2v) is 3.60. The maximum Gasteiger partial charge on any atom is 0.573 e. The van der Waals surface area contributed by atoms with E-state index < -0.39 is 24.5 Å². The van der Waals surface area contributed by atoms with Crippen LogP contribution in [0.4, 0.5) is 13.2 Å². The van der Waals surface area contributed by atoms with Crippen molar-refractivity contribution in [2.45, 2.75) is 18.7 Å². The highest BCUT2D eigenvalue weighted by molar-refractivity contribution is 6.17. The Bertz CT molecular complexity index is 479. The smallest absolute Gasteiger partial charge is 0.492 e. The van der Waals surface area contributed by atoms with Crippen LogP contribution in [0.3, 0.4) is 0 Å². The molecule has 0 aliphatic rings. The molecule has 1 rings (SSSR count). The van der Waals surface area contributed by atoms with Crippen LogP contribution in [0.2, 0.25) is 0 Å². The molecule has 0 saturated heterocycles. The minimum atomic E-state index is -4.93. The number of hydrogen-bond acceptors (Lipinski definition) is 4. The standard InChI is InChI=1S/C10H9ClF3NO4/c1-18-9-5(2-8(16)17)6(3-11)15-4-7(9)19-10(12,13)14/h4H,2-3H2,1H3,(H,16,17). The van der Waals surface area contributed by atoms with Crippen molar-refractivity contribution in [2.24, 2.45) is 0 Å². The number of carboxylic acid groups (broad SMARTS) is 1. The highest BCUT2D eigenvalue weighted by Crippen LogP contribution is 2.36. The summed E-state index contributed by atoms with van der Waals surface area (Å²) in [5.41, 5.74) is 0.0715. The minimum Gasteiger partial charge on any atom is -0.492 e. The first-order valence-electron chi connectivity index (χ1n) is 4.86. The van der Waals surface area contributed by atoms with Crippen LogP contribution in [-0.2, 0) is 17.1 Å². The molecule has 19 heavy (non-hydrogen) atoms. The average molecular weight is 300 g/mol. The maximum absolute atomic E-state index is 12.2. The number of methoxy groups -OCH3 is 1. The molecule has 0 saturated carbocycles. The molecule has 1 aromatic rings. The molecule has 0 aliphatic heterocycles. The van der Waals surface area contributed by atoms with Gasteiger partial charge in [0, 0.05) is 5.56 Å². The van der Waals surface area contributed by atoms with E-state index in [2.05, 4.69) is 9.72 Å². The molecule has 106 valence electrons. The fourth-order valence-electron chi connectivity index (χ4n) is 1.42. The van der Waals surface area contributed by atoms with Gasteiger partial charge in [-0.15, -0.1) is 24.8 Å². The molecule has 0 radical (unpaired) electrons. The third-order valence-corrected chi connectivity index (χ3v) is 2.32. The fraction of sp³-hybridized carbons (Fsp3) is 0.400. The molecule has 0 unspecified atom stereocenters. The van der Waals surface area contributed by atoms with Gasteiger partial charge in [0.05, 0.1) is 31.3 Å². The van der Waals surface area contributed by atoms with E-state index in [0.29, 0.717) is 0 Å². The molecular formula is C10H9ClF3NO4. The molecule has 0 amide bonds. The lowest BCUT2D eigenvalue weighted by molar-refractivity contribution is -0.275. The molecule has 9 heteroatoms. The maximum atomic E-state index is 12.2. The zero-order valence-corrected chi connectivity index (χ0v) is 10.4. The Morgan fingerprint density at radius 3 is 2.58 bits per heavy atom. The van der Waals surface area contributed by atoms with Gasteiger partial charge in [-0.1, -0.05) is 0 Å². The Kier molecular flexibility index (Phi) is 4.82. The Morgan fingerprint density at radius 2 is 2.16 bits per heavy atom.